The summed E-state index contributed by atoms with van der Waals surface area (Å²) < 4.78 is 32.9. The van der Waals surface area contributed by atoms with Crippen LogP contribution in [0.1, 0.15) is 39.2 Å². The third kappa shape index (κ3) is 9.08. The molecule has 10 nitrogen and oxygen atoms in total. The number of hydrogen-bond acceptors (Lipinski definition) is 8. The number of carbonyl (C=O) groups is 3. The highest BCUT2D eigenvalue weighted by atomic mass is 31.2. The molecule has 2 atom stereocenters. The molecule has 2 amide bonds. The average Bonchev–Trinajstić information content (AvgIpc) is 3.25. The van der Waals surface area contributed by atoms with Crippen LogP contribution in [-0.2, 0) is 34.5 Å². The first-order valence-electron chi connectivity index (χ1n) is 11.1. The maximum Gasteiger partial charge on any atom is 0.410 e. The molecule has 0 aliphatic carbocycles. The topological polar surface area (TPSA) is 120 Å². The van der Waals surface area contributed by atoms with Crippen LogP contribution in [0.4, 0.5) is 9.59 Å². The highest BCUT2D eigenvalue weighted by Gasteiger charge is 2.36. The summed E-state index contributed by atoms with van der Waals surface area (Å²) in [6.07, 6.45) is -0.804. The van der Waals surface area contributed by atoms with Crippen molar-refractivity contribution in [3.8, 4) is 0 Å². The zero-order valence-electron chi connectivity index (χ0n) is 20.4. The Morgan fingerprint density at radius 3 is 2.38 bits per heavy atom. The molecule has 1 aliphatic heterocycles. The number of amides is 2. The molecule has 0 aromatic heterocycles. The number of ether oxygens (including phenoxy) is 2. The highest BCUT2D eigenvalue weighted by Crippen LogP contribution is 2.46. The van der Waals surface area contributed by atoms with Crippen LogP contribution >= 0.6 is 7.60 Å². The summed E-state index contributed by atoms with van der Waals surface area (Å²) in [4.78, 5) is 39.3. The van der Waals surface area contributed by atoms with Gasteiger partial charge in [0.2, 0.25) is 0 Å². The number of hydrogen-bond donors (Lipinski definition) is 1. The lowest BCUT2D eigenvalue weighted by atomic mass is 9.97. The molecule has 34 heavy (non-hydrogen) atoms. The molecule has 1 aromatic rings. The molecule has 1 unspecified atom stereocenters. The van der Waals surface area contributed by atoms with Gasteiger partial charge in [-0.05, 0) is 45.1 Å². The minimum absolute atomic E-state index is 0.0716. The van der Waals surface area contributed by atoms with Gasteiger partial charge >= 0.3 is 19.8 Å². The van der Waals surface area contributed by atoms with Gasteiger partial charge < -0.3 is 28.7 Å². The Balaban J connectivity index is 1.99. The van der Waals surface area contributed by atoms with Gasteiger partial charge in [0.25, 0.3) is 0 Å². The summed E-state index contributed by atoms with van der Waals surface area (Å²) in [5.74, 6) is -0.569. The second kappa shape index (κ2) is 12.3. The maximum absolute atomic E-state index is 12.9. The van der Waals surface area contributed by atoms with E-state index in [-0.39, 0.29) is 18.9 Å². The number of rotatable bonds is 10. The monoisotopic (exact) mass is 498 g/mol. The van der Waals surface area contributed by atoms with Crippen LogP contribution in [-0.4, -0.2) is 68.0 Å². The molecular formula is C23H35N2O8P. The number of benzene rings is 1. The molecular weight excluding hydrogens is 463 g/mol. The standard InChI is InChI=1S/C23H35N2O8P/c1-23(2,3)33-21(27)24-19(20(26)16-34(29,30-4)31-5)13-18-11-12-25(14-18)22(28)32-15-17-9-7-6-8-10-17/h6-10,18-19H,11-16H2,1-5H3,(H,24,27)/t18?,19-/m0/s1. The summed E-state index contributed by atoms with van der Waals surface area (Å²) in [6.45, 7) is 6.15. The quantitative estimate of drug-likeness (QED) is 0.481. The van der Waals surface area contributed by atoms with Gasteiger partial charge in [0.15, 0.2) is 5.78 Å². The Bertz CT molecular complexity index is 879. The maximum atomic E-state index is 12.9. The van der Waals surface area contributed by atoms with Crippen LogP contribution < -0.4 is 5.32 Å². The normalized spacial score (nSPS) is 17.2. The van der Waals surface area contributed by atoms with Crippen molar-refractivity contribution >= 4 is 25.6 Å². The van der Waals surface area contributed by atoms with Gasteiger partial charge in [0.1, 0.15) is 18.4 Å². The van der Waals surface area contributed by atoms with Crippen molar-refractivity contribution in [1.82, 2.24) is 10.2 Å². The van der Waals surface area contributed by atoms with E-state index < -0.39 is 43.4 Å². The van der Waals surface area contributed by atoms with E-state index in [2.05, 4.69) is 5.32 Å². The molecule has 11 heteroatoms. The van der Waals surface area contributed by atoms with Gasteiger partial charge in [0, 0.05) is 27.3 Å². The largest absolute Gasteiger partial charge is 0.445 e. The van der Waals surface area contributed by atoms with Crippen molar-refractivity contribution in [3.05, 3.63) is 35.9 Å². The van der Waals surface area contributed by atoms with Crippen LogP contribution in [0.3, 0.4) is 0 Å². The van der Waals surface area contributed by atoms with E-state index in [0.29, 0.717) is 19.5 Å². The number of likely N-dealkylation sites (tertiary alicyclic amines) is 1. The molecule has 1 aliphatic rings. The molecule has 0 bridgehead atoms. The molecule has 0 saturated carbocycles. The third-order valence-electron chi connectivity index (χ3n) is 5.30. The van der Waals surface area contributed by atoms with Crippen molar-refractivity contribution < 1.29 is 37.5 Å². The molecule has 1 fully saturated rings. The average molecular weight is 499 g/mol. The third-order valence-corrected chi connectivity index (χ3v) is 7.12. The Hall–Kier alpha value is -2.42. The van der Waals surface area contributed by atoms with Crippen LogP contribution in [0.15, 0.2) is 30.3 Å². The van der Waals surface area contributed by atoms with Gasteiger partial charge in [-0.1, -0.05) is 30.3 Å². The number of nitrogens with zero attached hydrogens (tertiary/aromatic N) is 1. The van der Waals surface area contributed by atoms with E-state index in [1.807, 2.05) is 30.3 Å². The zero-order valence-corrected chi connectivity index (χ0v) is 21.3. The van der Waals surface area contributed by atoms with E-state index in [1.165, 1.54) is 14.2 Å². The van der Waals surface area contributed by atoms with Crippen LogP contribution in [0, 0.1) is 5.92 Å². The minimum atomic E-state index is -3.61. The Morgan fingerprint density at radius 1 is 1.15 bits per heavy atom. The van der Waals surface area contributed by atoms with Gasteiger partial charge in [-0.2, -0.15) is 0 Å². The number of nitrogens with one attached hydrogen (secondary N) is 1. The van der Waals surface area contributed by atoms with Crippen molar-refractivity contribution in [1.29, 1.82) is 0 Å². The summed E-state index contributed by atoms with van der Waals surface area (Å²) in [6, 6.07) is 8.40. The Labute approximate surface area is 200 Å². The minimum Gasteiger partial charge on any atom is -0.445 e. The summed E-state index contributed by atoms with van der Waals surface area (Å²) in [5.41, 5.74) is 0.137. The fraction of sp³-hybridized carbons (Fsp3) is 0.609. The fourth-order valence-corrected chi connectivity index (χ4v) is 4.57. The first kappa shape index (κ1) is 27.8. The smallest absolute Gasteiger partial charge is 0.410 e. The van der Waals surface area contributed by atoms with Gasteiger partial charge in [0.05, 0.1) is 6.04 Å². The summed E-state index contributed by atoms with van der Waals surface area (Å²) >= 11 is 0. The van der Waals surface area contributed by atoms with Crippen LogP contribution in [0.25, 0.3) is 0 Å². The molecule has 190 valence electrons. The van der Waals surface area contributed by atoms with E-state index in [1.54, 1.807) is 25.7 Å². The number of Topliss-reactive ketones (excluding diaryl/α,β-unsaturated/α-hetero) is 1. The lowest BCUT2D eigenvalue weighted by Crippen LogP contribution is -2.45. The molecule has 0 radical (unpaired) electrons. The van der Waals surface area contributed by atoms with E-state index >= 15 is 0 Å². The molecule has 1 N–H and O–H groups in total. The first-order valence-corrected chi connectivity index (χ1v) is 12.9. The molecule has 0 spiro atoms. The van der Waals surface area contributed by atoms with Crippen molar-refractivity contribution in [3.63, 3.8) is 0 Å². The highest BCUT2D eigenvalue weighted by molar-refractivity contribution is 7.54. The van der Waals surface area contributed by atoms with Crippen LogP contribution in [0.5, 0.6) is 0 Å². The molecule has 2 rings (SSSR count). The predicted octanol–water partition coefficient (Wildman–Crippen LogP) is 3.98. The Kier molecular flexibility index (Phi) is 10.1. The molecule has 1 heterocycles. The first-order chi connectivity index (χ1) is 15.9. The summed E-state index contributed by atoms with van der Waals surface area (Å²) in [5, 5.41) is 2.58. The zero-order chi connectivity index (χ0) is 25.4. The predicted molar refractivity (Wildman–Crippen MR) is 126 cm³/mol. The van der Waals surface area contributed by atoms with Gasteiger partial charge in [-0.3, -0.25) is 9.36 Å². The van der Waals surface area contributed by atoms with E-state index in [4.69, 9.17) is 18.5 Å². The lowest BCUT2D eigenvalue weighted by molar-refractivity contribution is -0.119. The summed E-state index contributed by atoms with van der Waals surface area (Å²) in [7, 11) is -1.22. The number of alkyl carbamates (subject to hydrolysis) is 1. The van der Waals surface area contributed by atoms with E-state index in [9.17, 15) is 18.9 Å². The molecule has 1 saturated heterocycles. The van der Waals surface area contributed by atoms with Crippen LogP contribution in [0.2, 0.25) is 0 Å². The van der Waals surface area contributed by atoms with Crippen molar-refractivity contribution in [2.24, 2.45) is 5.92 Å². The second-order valence-corrected chi connectivity index (χ2v) is 11.4. The van der Waals surface area contributed by atoms with Crippen molar-refractivity contribution in [2.75, 3.05) is 33.5 Å². The Morgan fingerprint density at radius 2 is 1.79 bits per heavy atom. The fourth-order valence-electron chi connectivity index (χ4n) is 3.56. The van der Waals surface area contributed by atoms with Crippen molar-refractivity contribution in [2.45, 2.75) is 51.9 Å². The SMILES string of the molecule is COP(=O)(CC(=O)[C@H](CC1CCN(C(=O)OCc2ccccc2)C1)NC(=O)OC(C)(C)C)OC. The lowest BCUT2D eigenvalue weighted by Gasteiger charge is -2.25. The van der Waals surface area contributed by atoms with Gasteiger partial charge in [-0.25, -0.2) is 9.59 Å². The second-order valence-electron chi connectivity index (χ2n) is 9.18. The van der Waals surface area contributed by atoms with Gasteiger partial charge in [-0.15, -0.1) is 0 Å². The van der Waals surface area contributed by atoms with E-state index in [0.717, 1.165) is 5.56 Å². The molecule has 1 aromatic carbocycles. The number of ketones is 1. The number of carbonyl (C=O) groups excluding carboxylic acids is 3.